The lowest BCUT2D eigenvalue weighted by molar-refractivity contribution is 0.562. The summed E-state index contributed by atoms with van der Waals surface area (Å²) in [6.45, 7) is 0.502. The Morgan fingerprint density at radius 2 is 1.96 bits per heavy atom. The van der Waals surface area contributed by atoms with Gasteiger partial charge in [-0.2, -0.15) is 0 Å². The van der Waals surface area contributed by atoms with Crippen LogP contribution in [-0.4, -0.2) is 10.3 Å². The highest BCUT2D eigenvalue weighted by Crippen LogP contribution is 2.32. The second kappa shape index (κ2) is 5.51. The van der Waals surface area contributed by atoms with Crippen LogP contribution in [-0.2, 0) is 6.54 Å². The molecule has 3 heterocycles. The zero-order valence-electron chi connectivity index (χ0n) is 13.0. The van der Waals surface area contributed by atoms with E-state index in [2.05, 4.69) is 10.6 Å². The molecule has 0 aliphatic carbocycles. The molecule has 122 valence electrons. The van der Waals surface area contributed by atoms with Crippen molar-refractivity contribution in [2.24, 2.45) is 4.99 Å². The predicted molar refractivity (Wildman–Crippen MR) is 101 cm³/mol. The van der Waals surface area contributed by atoms with Crippen molar-refractivity contribution in [1.29, 1.82) is 0 Å². The van der Waals surface area contributed by atoms with Crippen LogP contribution in [0.5, 0.6) is 0 Å². The molecule has 4 aromatic rings. The summed E-state index contributed by atoms with van der Waals surface area (Å²) >= 11 is 12.5. The van der Waals surface area contributed by atoms with E-state index < -0.39 is 0 Å². The van der Waals surface area contributed by atoms with Gasteiger partial charge in [0, 0.05) is 32.6 Å². The van der Waals surface area contributed by atoms with E-state index in [9.17, 15) is 0 Å². The average Bonchev–Trinajstić information content (AvgIpc) is 3.21. The number of benzene rings is 2. The molecule has 25 heavy (non-hydrogen) atoms. The van der Waals surface area contributed by atoms with Gasteiger partial charge in [-0.15, -0.1) is 0 Å². The Kier molecular flexibility index (Phi) is 3.27. The standard InChI is InChI=1S/C20H12Cl2N2O/c21-13-6-7-14-12(9-13)11-25-20(14)19-18-5-2-8-24(18)17-4-1-3-16(22)15(17)10-23-19/h1-9,11H,10H2. The van der Waals surface area contributed by atoms with Gasteiger partial charge >= 0.3 is 0 Å². The molecule has 0 radical (unpaired) electrons. The molecule has 1 aliphatic heterocycles. The number of hydrogen-bond donors (Lipinski definition) is 0. The first kappa shape index (κ1) is 14.8. The van der Waals surface area contributed by atoms with Crippen LogP contribution in [0.15, 0.2) is 70.4 Å². The molecule has 0 saturated carbocycles. The van der Waals surface area contributed by atoms with E-state index in [1.165, 1.54) is 0 Å². The summed E-state index contributed by atoms with van der Waals surface area (Å²) in [7, 11) is 0. The van der Waals surface area contributed by atoms with E-state index in [0.717, 1.165) is 44.2 Å². The number of aromatic nitrogens is 1. The fraction of sp³-hybridized carbons (Fsp3) is 0.0500. The topological polar surface area (TPSA) is 30.4 Å². The fourth-order valence-electron chi connectivity index (χ4n) is 3.35. The molecule has 0 spiro atoms. The molecule has 5 rings (SSSR count). The molecule has 0 saturated heterocycles. The Hall–Kier alpha value is -2.49. The van der Waals surface area contributed by atoms with Crippen molar-refractivity contribution >= 4 is 39.7 Å². The van der Waals surface area contributed by atoms with E-state index in [-0.39, 0.29) is 0 Å². The smallest absolute Gasteiger partial charge is 0.161 e. The summed E-state index contributed by atoms with van der Waals surface area (Å²) in [5.74, 6) is 0.746. The van der Waals surface area contributed by atoms with Crippen molar-refractivity contribution in [2.75, 3.05) is 0 Å². The van der Waals surface area contributed by atoms with Gasteiger partial charge in [0.05, 0.1) is 24.2 Å². The first-order chi connectivity index (χ1) is 12.2. The lowest BCUT2D eigenvalue weighted by Gasteiger charge is -2.11. The number of rotatable bonds is 1. The largest absolute Gasteiger partial charge is 0.461 e. The van der Waals surface area contributed by atoms with Crippen molar-refractivity contribution in [3.05, 3.63) is 88.1 Å². The third-order valence-corrected chi connectivity index (χ3v) is 5.11. The third kappa shape index (κ3) is 2.24. The molecule has 1 aliphatic rings. The van der Waals surface area contributed by atoms with Gasteiger partial charge < -0.3 is 8.98 Å². The molecule has 0 atom stereocenters. The Balaban J connectivity index is 1.77. The number of aliphatic imine (C=N–C) groups is 1. The third-order valence-electron chi connectivity index (χ3n) is 4.52. The summed E-state index contributed by atoms with van der Waals surface area (Å²) in [5, 5.41) is 3.36. The summed E-state index contributed by atoms with van der Waals surface area (Å²) < 4.78 is 7.99. The zero-order valence-corrected chi connectivity index (χ0v) is 14.6. The van der Waals surface area contributed by atoms with Crippen molar-refractivity contribution < 1.29 is 4.42 Å². The number of fused-ring (bicyclic) bond motifs is 4. The van der Waals surface area contributed by atoms with E-state index in [1.54, 1.807) is 6.26 Å². The van der Waals surface area contributed by atoms with Crippen LogP contribution < -0.4 is 0 Å². The highest BCUT2D eigenvalue weighted by atomic mass is 35.5. The Morgan fingerprint density at radius 1 is 1.04 bits per heavy atom. The van der Waals surface area contributed by atoms with Crippen LogP contribution in [0.4, 0.5) is 0 Å². The van der Waals surface area contributed by atoms with E-state index >= 15 is 0 Å². The summed E-state index contributed by atoms with van der Waals surface area (Å²) in [4.78, 5) is 4.84. The van der Waals surface area contributed by atoms with Gasteiger partial charge in [-0.05, 0) is 42.5 Å². The molecule has 3 nitrogen and oxygen atoms in total. The van der Waals surface area contributed by atoms with Crippen LogP contribution in [0.1, 0.15) is 17.0 Å². The maximum atomic E-state index is 6.41. The molecule has 5 heteroatoms. The quantitative estimate of drug-likeness (QED) is 0.413. The van der Waals surface area contributed by atoms with Crippen LogP contribution >= 0.6 is 23.2 Å². The van der Waals surface area contributed by atoms with Gasteiger partial charge in [0.15, 0.2) is 5.76 Å². The van der Waals surface area contributed by atoms with Gasteiger partial charge in [-0.3, -0.25) is 4.99 Å². The Labute approximate surface area is 154 Å². The van der Waals surface area contributed by atoms with Crippen LogP contribution in [0, 0.1) is 0 Å². The number of hydrogen-bond acceptors (Lipinski definition) is 2. The van der Waals surface area contributed by atoms with Crippen LogP contribution in [0.3, 0.4) is 0 Å². The van der Waals surface area contributed by atoms with Gasteiger partial charge in [0.1, 0.15) is 5.71 Å². The van der Waals surface area contributed by atoms with Crippen LogP contribution in [0.2, 0.25) is 10.0 Å². The average molecular weight is 367 g/mol. The van der Waals surface area contributed by atoms with Crippen molar-refractivity contribution in [3.8, 4) is 5.69 Å². The molecule has 0 bridgehead atoms. The first-order valence-electron chi connectivity index (χ1n) is 7.89. The number of furan rings is 1. The monoisotopic (exact) mass is 366 g/mol. The lowest BCUT2D eigenvalue weighted by atomic mass is 10.1. The minimum absolute atomic E-state index is 0.502. The fourth-order valence-corrected chi connectivity index (χ4v) is 3.76. The minimum Gasteiger partial charge on any atom is -0.461 e. The van der Waals surface area contributed by atoms with Gasteiger partial charge in [-0.25, -0.2) is 0 Å². The highest BCUT2D eigenvalue weighted by molar-refractivity contribution is 6.32. The molecule has 2 aromatic heterocycles. The maximum Gasteiger partial charge on any atom is 0.161 e. The minimum atomic E-state index is 0.502. The predicted octanol–water partition coefficient (Wildman–Crippen LogP) is 5.88. The number of nitrogens with zero attached hydrogens (tertiary/aromatic N) is 2. The molecule has 0 fully saturated rings. The van der Waals surface area contributed by atoms with Gasteiger partial charge in [0.2, 0.25) is 0 Å². The van der Waals surface area contributed by atoms with Gasteiger partial charge in [0.25, 0.3) is 0 Å². The SMILES string of the molecule is Clc1ccc2c(C3=NCc4c(Cl)cccc4-n4cccc43)occ2c1. The van der Waals surface area contributed by atoms with Gasteiger partial charge in [-0.1, -0.05) is 29.3 Å². The number of halogens is 2. The highest BCUT2D eigenvalue weighted by Gasteiger charge is 2.23. The van der Waals surface area contributed by atoms with E-state index in [4.69, 9.17) is 32.6 Å². The molecule has 0 unspecified atom stereocenters. The van der Waals surface area contributed by atoms with Crippen molar-refractivity contribution in [1.82, 2.24) is 4.57 Å². The molecular weight excluding hydrogens is 355 g/mol. The Bertz CT molecular complexity index is 1150. The molecule has 2 aromatic carbocycles. The summed E-state index contributed by atoms with van der Waals surface area (Å²) in [6, 6.07) is 15.7. The maximum absolute atomic E-state index is 6.41. The molecular formula is C20H12Cl2N2O. The molecule has 0 N–H and O–H groups in total. The molecule has 0 amide bonds. The van der Waals surface area contributed by atoms with Crippen molar-refractivity contribution in [3.63, 3.8) is 0 Å². The van der Waals surface area contributed by atoms with Crippen LogP contribution in [0.25, 0.3) is 16.5 Å². The van der Waals surface area contributed by atoms with Crippen molar-refractivity contribution in [2.45, 2.75) is 6.54 Å². The summed E-state index contributed by atoms with van der Waals surface area (Å²) in [5.41, 5.74) is 3.85. The van der Waals surface area contributed by atoms with E-state index in [0.29, 0.717) is 11.6 Å². The normalized spacial score (nSPS) is 13.3. The van der Waals surface area contributed by atoms with E-state index in [1.807, 2.05) is 48.7 Å². The Morgan fingerprint density at radius 3 is 2.88 bits per heavy atom. The second-order valence-corrected chi connectivity index (χ2v) is 6.81. The zero-order chi connectivity index (χ0) is 17.0. The summed E-state index contributed by atoms with van der Waals surface area (Å²) in [6.07, 6.45) is 3.74. The second-order valence-electron chi connectivity index (χ2n) is 5.96. The lowest BCUT2D eigenvalue weighted by Crippen LogP contribution is -2.07. The first-order valence-corrected chi connectivity index (χ1v) is 8.65.